The van der Waals surface area contributed by atoms with Crippen LogP contribution in [0.4, 0.5) is 0 Å². The molecule has 4 rings (SSSR count). The molecule has 1 aromatic rings. The smallest absolute Gasteiger partial charge is 0.260 e. The molecule has 2 amide bonds. The Kier molecular flexibility index (Phi) is 4.48. The molecule has 26 heavy (non-hydrogen) atoms. The number of amides is 2. The normalized spacial score (nSPS) is 25.3. The lowest BCUT2D eigenvalue weighted by Gasteiger charge is -2.35. The molecule has 8 heteroatoms. The number of piperazine rings is 1. The van der Waals surface area contributed by atoms with Gasteiger partial charge in [0.15, 0.2) is 11.5 Å². The summed E-state index contributed by atoms with van der Waals surface area (Å²) in [5.41, 5.74) is 1.44. The van der Waals surface area contributed by atoms with Crippen LogP contribution in [-0.4, -0.2) is 85.8 Å². The summed E-state index contributed by atoms with van der Waals surface area (Å²) in [6.07, 6.45) is 0. The maximum Gasteiger partial charge on any atom is 0.260 e. The minimum Gasteiger partial charge on any atom is -0.493 e. The first-order valence-electron chi connectivity index (χ1n) is 8.73. The highest BCUT2D eigenvalue weighted by Gasteiger charge is 2.51. The van der Waals surface area contributed by atoms with E-state index in [4.69, 9.17) is 9.47 Å². The average molecular weight is 377 g/mol. The number of benzene rings is 1. The molecule has 1 unspecified atom stereocenters. The van der Waals surface area contributed by atoms with Crippen LogP contribution in [0.1, 0.15) is 21.3 Å². The standard InChI is InChI=1S/C18H23N3O4S/c1-19-6-8-20(9-7-19)16(22)12-10-26-18-11-4-5-13(24-2)15(25-3)14(11)17(23)21(12)18/h4-5,12,18H,6-10H2,1-3H3/t12-,18?/m0/s1. The molecule has 0 spiro atoms. The molecular weight excluding hydrogens is 354 g/mol. The van der Waals surface area contributed by atoms with Gasteiger partial charge >= 0.3 is 0 Å². The molecular formula is C18H23N3O4S. The number of likely N-dealkylation sites (N-methyl/N-ethyl adjacent to an activating group) is 1. The quantitative estimate of drug-likeness (QED) is 0.785. The van der Waals surface area contributed by atoms with Crippen LogP contribution in [0.25, 0.3) is 0 Å². The molecule has 0 saturated carbocycles. The fourth-order valence-electron chi connectivity index (χ4n) is 3.92. The molecule has 2 saturated heterocycles. The van der Waals surface area contributed by atoms with Crippen molar-refractivity contribution in [3.05, 3.63) is 23.3 Å². The van der Waals surface area contributed by atoms with E-state index in [9.17, 15) is 9.59 Å². The summed E-state index contributed by atoms with van der Waals surface area (Å²) in [6, 6.07) is 3.32. The van der Waals surface area contributed by atoms with Crippen molar-refractivity contribution in [2.24, 2.45) is 0 Å². The number of nitrogens with zero attached hydrogens (tertiary/aromatic N) is 3. The minimum atomic E-state index is -0.413. The summed E-state index contributed by atoms with van der Waals surface area (Å²) in [5, 5.41) is -0.126. The van der Waals surface area contributed by atoms with E-state index >= 15 is 0 Å². The van der Waals surface area contributed by atoms with E-state index in [-0.39, 0.29) is 17.2 Å². The van der Waals surface area contributed by atoms with Crippen molar-refractivity contribution in [1.82, 2.24) is 14.7 Å². The number of carbonyl (C=O) groups is 2. The number of hydrogen-bond acceptors (Lipinski definition) is 6. The number of carbonyl (C=O) groups excluding carboxylic acids is 2. The largest absolute Gasteiger partial charge is 0.493 e. The monoisotopic (exact) mass is 377 g/mol. The van der Waals surface area contributed by atoms with Crippen LogP contribution in [0.2, 0.25) is 0 Å². The molecule has 0 bridgehead atoms. The van der Waals surface area contributed by atoms with E-state index in [2.05, 4.69) is 11.9 Å². The Morgan fingerprint density at radius 2 is 1.88 bits per heavy atom. The van der Waals surface area contributed by atoms with Crippen LogP contribution in [-0.2, 0) is 4.79 Å². The van der Waals surface area contributed by atoms with Gasteiger partial charge in [0.05, 0.1) is 19.8 Å². The Morgan fingerprint density at radius 3 is 2.54 bits per heavy atom. The first kappa shape index (κ1) is 17.5. The maximum absolute atomic E-state index is 13.2. The Balaban J connectivity index is 1.63. The van der Waals surface area contributed by atoms with Crippen LogP contribution < -0.4 is 9.47 Å². The number of rotatable bonds is 3. The third-order valence-corrected chi connectivity index (χ3v) is 6.70. The maximum atomic E-state index is 13.2. The van der Waals surface area contributed by atoms with Crippen LogP contribution in [0.3, 0.4) is 0 Å². The highest BCUT2D eigenvalue weighted by atomic mass is 32.2. The van der Waals surface area contributed by atoms with Crippen LogP contribution in [0.15, 0.2) is 12.1 Å². The Morgan fingerprint density at radius 1 is 1.15 bits per heavy atom. The lowest BCUT2D eigenvalue weighted by atomic mass is 10.1. The highest BCUT2D eigenvalue weighted by Crippen LogP contribution is 2.52. The highest BCUT2D eigenvalue weighted by molar-refractivity contribution is 7.99. The van der Waals surface area contributed by atoms with E-state index in [1.54, 1.807) is 23.8 Å². The molecule has 2 fully saturated rings. The van der Waals surface area contributed by atoms with Crippen molar-refractivity contribution in [2.75, 3.05) is 53.2 Å². The second kappa shape index (κ2) is 6.66. The summed E-state index contributed by atoms with van der Waals surface area (Å²) in [4.78, 5) is 32.1. The van der Waals surface area contributed by atoms with E-state index < -0.39 is 6.04 Å². The van der Waals surface area contributed by atoms with Gasteiger partial charge in [-0.1, -0.05) is 6.07 Å². The Hall–Kier alpha value is -1.93. The fraction of sp³-hybridized carbons (Fsp3) is 0.556. The van der Waals surface area contributed by atoms with Crippen molar-refractivity contribution in [2.45, 2.75) is 11.4 Å². The molecule has 1 aromatic carbocycles. The third kappa shape index (κ3) is 2.54. The Bertz CT molecular complexity index is 748. The number of ether oxygens (including phenoxy) is 2. The minimum absolute atomic E-state index is 0.0557. The first-order chi connectivity index (χ1) is 12.6. The molecule has 0 aromatic heterocycles. The van der Waals surface area contributed by atoms with Crippen molar-refractivity contribution in [1.29, 1.82) is 0 Å². The summed E-state index contributed by atoms with van der Waals surface area (Å²) in [7, 11) is 5.15. The molecule has 0 N–H and O–H groups in total. The van der Waals surface area contributed by atoms with E-state index in [1.807, 2.05) is 17.0 Å². The van der Waals surface area contributed by atoms with Gasteiger partial charge in [0.2, 0.25) is 5.91 Å². The molecule has 140 valence electrons. The summed E-state index contributed by atoms with van der Waals surface area (Å²) in [6.45, 7) is 3.17. The van der Waals surface area contributed by atoms with Gasteiger partial charge in [0, 0.05) is 37.5 Å². The zero-order valence-electron chi connectivity index (χ0n) is 15.2. The first-order valence-corrected chi connectivity index (χ1v) is 9.78. The van der Waals surface area contributed by atoms with Crippen LogP contribution >= 0.6 is 11.8 Å². The van der Waals surface area contributed by atoms with Gasteiger partial charge < -0.3 is 24.2 Å². The van der Waals surface area contributed by atoms with Gasteiger partial charge in [0.1, 0.15) is 11.4 Å². The van der Waals surface area contributed by atoms with Gasteiger partial charge in [-0.2, -0.15) is 0 Å². The molecule has 3 aliphatic rings. The number of methoxy groups -OCH3 is 2. The Labute approximate surface area is 157 Å². The van der Waals surface area contributed by atoms with Gasteiger partial charge in [0.25, 0.3) is 5.91 Å². The topological polar surface area (TPSA) is 62.3 Å². The summed E-state index contributed by atoms with van der Waals surface area (Å²) >= 11 is 1.64. The summed E-state index contributed by atoms with van der Waals surface area (Å²) in [5.74, 6) is 1.54. The van der Waals surface area contributed by atoms with Crippen molar-refractivity contribution in [3.8, 4) is 11.5 Å². The van der Waals surface area contributed by atoms with Gasteiger partial charge in [-0.25, -0.2) is 0 Å². The average Bonchev–Trinajstić information content (AvgIpc) is 3.21. The number of fused-ring (bicyclic) bond motifs is 3. The zero-order chi connectivity index (χ0) is 18.4. The second-order valence-electron chi connectivity index (χ2n) is 6.81. The summed E-state index contributed by atoms with van der Waals surface area (Å²) < 4.78 is 10.8. The molecule has 7 nitrogen and oxygen atoms in total. The fourth-order valence-corrected chi connectivity index (χ4v) is 5.37. The van der Waals surface area contributed by atoms with E-state index in [1.165, 1.54) is 7.11 Å². The third-order valence-electron chi connectivity index (χ3n) is 5.39. The zero-order valence-corrected chi connectivity index (χ0v) is 16.0. The van der Waals surface area contributed by atoms with Crippen molar-refractivity contribution in [3.63, 3.8) is 0 Å². The van der Waals surface area contributed by atoms with Gasteiger partial charge in [-0.15, -0.1) is 11.8 Å². The molecule has 3 heterocycles. The van der Waals surface area contributed by atoms with Crippen LogP contribution in [0, 0.1) is 0 Å². The molecule has 2 atom stereocenters. The lowest BCUT2D eigenvalue weighted by Crippen LogP contribution is -2.53. The second-order valence-corrected chi connectivity index (χ2v) is 7.92. The van der Waals surface area contributed by atoms with Crippen molar-refractivity contribution >= 4 is 23.6 Å². The predicted molar refractivity (Wildman–Crippen MR) is 98.8 cm³/mol. The molecule has 0 aliphatic carbocycles. The van der Waals surface area contributed by atoms with Crippen molar-refractivity contribution < 1.29 is 19.1 Å². The van der Waals surface area contributed by atoms with E-state index in [0.717, 1.165) is 18.7 Å². The van der Waals surface area contributed by atoms with Gasteiger partial charge in [-0.3, -0.25) is 9.59 Å². The van der Waals surface area contributed by atoms with Crippen LogP contribution in [0.5, 0.6) is 11.5 Å². The number of hydrogen-bond donors (Lipinski definition) is 0. The molecule has 3 aliphatic heterocycles. The lowest BCUT2D eigenvalue weighted by molar-refractivity contribution is -0.136. The SMILES string of the molecule is COc1ccc2c(c1OC)C(=O)N1C2SC[C@H]1C(=O)N1CCN(C)CC1. The number of thioether (sulfide) groups is 1. The predicted octanol–water partition coefficient (Wildman–Crippen LogP) is 1.05. The van der Waals surface area contributed by atoms with E-state index in [0.29, 0.717) is 35.9 Å². The van der Waals surface area contributed by atoms with Gasteiger partial charge in [-0.05, 0) is 13.1 Å². The molecule has 0 radical (unpaired) electrons.